The predicted octanol–water partition coefficient (Wildman–Crippen LogP) is 8.17. The van der Waals surface area contributed by atoms with E-state index in [0.717, 1.165) is 56.9 Å². The van der Waals surface area contributed by atoms with Crippen molar-refractivity contribution in [3.8, 4) is 5.75 Å². The van der Waals surface area contributed by atoms with Crippen LogP contribution in [0.25, 0.3) is 6.08 Å². The molecule has 4 saturated carbocycles. The van der Waals surface area contributed by atoms with Gasteiger partial charge in [0.25, 0.3) is 0 Å². The molecule has 9 unspecified atom stereocenters. The molecule has 45 heavy (non-hydrogen) atoms. The van der Waals surface area contributed by atoms with Gasteiger partial charge in [-0.1, -0.05) is 72.2 Å². The zero-order valence-electron chi connectivity index (χ0n) is 28.4. The summed E-state index contributed by atoms with van der Waals surface area (Å²) in [4.78, 5) is 26.0. The number of allylic oxidation sites excluding steroid dienone is 2. The van der Waals surface area contributed by atoms with Crippen LogP contribution in [0.4, 0.5) is 0 Å². The largest absolute Gasteiger partial charge is 0.508 e. The van der Waals surface area contributed by atoms with Gasteiger partial charge in [0.15, 0.2) is 0 Å². The number of hydrogen-bond acceptors (Lipinski definition) is 5. The van der Waals surface area contributed by atoms with Gasteiger partial charge < -0.3 is 20.1 Å². The molecule has 246 valence electrons. The molecule has 9 atom stereocenters. The SMILES string of the molecule is CC1(C)CCC2(C(=O)O)CCC3(C)C(=CCC4C5(C)CC(O)C(OC(=O)C=Cc6ccc(O)cc6)C(C)(C)C5CCC43C)C2C1. The van der Waals surface area contributed by atoms with E-state index in [0.29, 0.717) is 12.3 Å². The molecule has 3 N–H and O–H groups in total. The maximum atomic E-state index is 13.0. The monoisotopic (exact) mass is 618 g/mol. The third-order valence-electron chi connectivity index (χ3n) is 14.5. The lowest BCUT2D eigenvalue weighted by atomic mass is 9.33. The Kier molecular flexibility index (Phi) is 7.51. The fraction of sp³-hybridized carbons (Fsp3) is 0.692. The Balaban J connectivity index is 1.29. The van der Waals surface area contributed by atoms with Crippen LogP contribution >= 0.6 is 0 Å². The zero-order valence-corrected chi connectivity index (χ0v) is 28.4. The van der Waals surface area contributed by atoms with Crippen molar-refractivity contribution in [3.63, 3.8) is 0 Å². The summed E-state index contributed by atoms with van der Waals surface area (Å²) in [6.45, 7) is 16.3. The van der Waals surface area contributed by atoms with Gasteiger partial charge in [0.2, 0.25) is 0 Å². The van der Waals surface area contributed by atoms with E-state index >= 15 is 0 Å². The van der Waals surface area contributed by atoms with Gasteiger partial charge in [-0.05, 0) is 121 Å². The van der Waals surface area contributed by atoms with E-state index in [-0.39, 0.29) is 39.2 Å². The molecule has 1 aromatic carbocycles. The summed E-state index contributed by atoms with van der Waals surface area (Å²) >= 11 is 0. The van der Waals surface area contributed by atoms with Crippen LogP contribution in [-0.2, 0) is 14.3 Å². The topological polar surface area (TPSA) is 104 Å². The highest BCUT2D eigenvalue weighted by molar-refractivity contribution is 5.87. The van der Waals surface area contributed by atoms with Crippen molar-refractivity contribution >= 4 is 18.0 Å². The van der Waals surface area contributed by atoms with Gasteiger partial charge in [-0.15, -0.1) is 0 Å². The van der Waals surface area contributed by atoms with E-state index in [1.165, 1.54) is 11.6 Å². The molecule has 0 aromatic heterocycles. The molecule has 4 fully saturated rings. The molecule has 0 bridgehead atoms. The van der Waals surface area contributed by atoms with Crippen molar-refractivity contribution in [3.05, 3.63) is 47.6 Å². The molecule has 0 heterocycles. The maximum absolute atomic E-state index is 13.0. The Bertz CT molecular complexity index is 1420. The number of aliphatic carboxylic acids is 1. The summed E-state index contributed by atoms with van der Waals surface area (Å²) in [7, 11) is 0. The number of ether oxygens (including phenoxy) is 1. The average molecular weight is 619 g/mol. The lowest BCUT2D eigenvalue weighted by Gasteiger charge is -2.71. The minimum atomic E-state index is -0.780. The number of benzene rings is 1. The minimum absolute atomic E-state index is 0.0131. The molecule has 6 nitrogen and oxygen atoms in total. The normalized spacial score (nSPS) is 43.2. The first kappa shape index (κ1) is 32.3. The first-order valence-electron chi connectivity index (χ1n) is 17.2. The van der Waals surface area contributed by atoms with Crippen molar-refractivity contribution in [2.75, 3.05) is 0 Å². The van der Waals surface area contributed by atoms with Crippen LogP contribution in [0.3, 0.4) is 0 Å². The number of phenolic OH excluding ortho intramolecular Hbond substituents is 1. The quantitative estimate of drug-likeness (QED) is 0.179. The van der Waals surface area contributed by atoms with Gasteiger partial charge in [-0.2, -0.15) is 0 Å². The molecule has 5 aliphatic carbocycles. The summed E-state index contributed by atoms with van der Waals surface area (Å²) in [5.74, 6) is -0.230. The minimum Gasteiger partial charge on any atom is -0.508 e. The van der Waals surface area contributed by atoms with Crippen molar-refractivity contribution in [1.29, 1.82) is 0 Å². The number of carbonyl (C=O) groups excluding carboxylic acids is 1. The number of aliphatic hydroxyl groups excluding tert-OH is 1. The van der Waals surface area contributed by atoms with Gasteiger partial charge in [-0.3, -0.25) is 4.79 Å². The molecule has 6 heteroatoms. The number of esters is 1. The summed E-state index contributed by atoms with van der Waals surface area (Å²) in [5, 5.41) is 31.9. The van der Waals surface area contributed by atoms with E-state index in [9.17, 15) is 24.9 Å². The fourth-order valence-corrected chi connectivity index (χ4v) is 11.9. The molecule has 0 amide bonds. The Hall–Kier alpha value is -2.60. The number of aliphatic hydroxyl groups is 1. The van der Waals surface area contributed by atoms with E-state index in [4.69, 9.17) is 4.74 Å². The fourth-order valence-electron chi connectivity index (χ4n) is 11.9. The molecule has 5 aliphatic rings. The number of carbonyl (C=O) groups is 2. The van der Waals surface area contributed by atoms with Crippen LogP contribution in [0.5, 0.6) is 5.75 Å². The van der Waals surface area contributed by atoms with E-state index in [1.54, 1.807) is 30.3 Å². The van der Waals surface area contributed by atoms with Crippen LogP contribution in [0.15, 0.2) is 42.0 Å². The molecule has 1 aromatic rings. The molecule has 6 rings (SSSR count). The number of carboxylic acid groups (broad SMARTS) is 1. The van der Waals surface area contributed by atoms with E-state index in [1.807, 2.05) is 0 Å². The second kappa shape index (κ2) is 10.5. The van der Waals surface area contributed by atoms with Crippen molar-refractivity contribution in [1.82, 2.24) is 0 Å². The van der Waals surface area contributed by atoms with Crippen LogP contribution in [0, 0.1) is 50.2 Å². The molecule has 0 radical (unpaired) electrons. The third-order valence-corrected chi connectivity index (χ3v) is 14.5. The smallest absolute Gasteiger partial charge is 0.331 e. The first-order chi connectivity index (χ1) is 20.9. The van der Waals surface area contributed by atoms with Crippen LogP contribution in [0.1, 0.15) is 112 Å². The van der Waals surface area contributed by atoms with E-state index < -0.39 is 35.0 Å². The van der Waals surface area contributed by atoms with Gasteiger partial charge in [0, 0.05) is 11.5 Å². The Morgan fingerprint density at radius 1 is 0.889 bits per heavy atom. The van der Waals surface area contributed by atoms with Crippen molar-refractivity contribution < 1.29 is 29.6 Å². The number of phenols is 1. The zero-order chi connectivity index (χ0) is 32.8. The van der Waals surface area contributed by atoms with Gasteiger partial charge in [0.1, 0.15) is 11.9 Å². The number of rotatable bonds is 4. The van der Waals surface area contributed by atoms with Crippen LogP contribution < -0.4 is 0 Å². The maximum Gasteiger partial charge on any atom is 0.331 e. The van der Waals surface area contributed by atoms with Crippen LogP contribution in [0.2, 0.25) is 0 Å². The van der Waals surface area contributed by atoms with Crippen molar-refractivity contribution in [2.24, 2.45) is 50.2 Å². The molecule has 0 spiro atoms. The number of carboxylic acids is 1. The average Bonchev–Trinajstić information content (AvgIpc) is 2.94. The lowest BCUT2D eigenvalue weighted by Crippen LogP contribution is -2.67. The number of aromatic hydroxyl groups is 1. The molecular formula is C39H54O6. The summed E-state index contributed by atoms with van der Waals surface area (Å²) in [6, 6.07) is 6.62. The first-order valence-corrected chi connectivity index (χ1v) is 17.2. The summed E-state index contributed by atoms with van der Waals surface area (Å²) in [5.41, 5.74) is 0.991. The Morgan fingerprint density at radius 3 is 2.22 bits per heavy atom. The number of hydrogen-bond donors (Lipinski definition) is 3. The second-order valence-electron chi connectivity index (χ2n) is 17.6. The highest BCUT2D eigenvalue weighted by atomic mass is 16.6. The van der Waals surface area contributed by atoms with Crippen LogP contribution in [-0.4, -0.2) is 39.5 Å². The van der Waals surface area contributed by atoms with E-state index in [2.05, 4.69) is 54.5 Å². The molecular weight excluding hydrogens is 564 g/mol. The predicted molar refractivity (Wildman–Crippen MR) is 175 cm³/mol. The van der Waals surface area contributed by atoms with Crippen molar-refractivity contribution in [2.45, 2.75) is 118 Å². The number of fused-ring (bicyclic) bond motifs is 7. The highest BCUT2D eigenvalue weighted by Gasteiger charge is 2.70. The lowest BCUT2D eigenvalue weighted by molar-refractivity contribution is -0.238. The third kappa shape index (κ3) is 4.74. The molecule has 0 saturated heterocycles. The second-order valence-corrected chi connectivity index (χ2v) is 17.6. The Morgan fingerprint density at radius 2 is 1.56 bits per heavy atom. The Labute approximate surface area is 269 Å². The summed E-state index contributed by atoms with van der Waals surface area (Å²) in [6.07, 6.45) is 12.0. The van der Waals surface area contributed by atoms with Gasteiger partial charge in [-0.25, -0.2) is 4.79 Å². The summed E-state index contributed by atoms with van der Waals surface area (Å²) < 4.78 is 6.04. The standard InChI is InChI=1S/C39H54O6/c1-34(2)18-20-39(33(43)44)21-19-37(6)26(27(39)22-34)13-14-30-36(5)23-28(41)32(35(3,4)29(36)16-17-38(30,37)7)45-31(42)15-10-24-8-11-25(40)12-9-24/h8-13,15,27-30,32,40-41H,14,16-23H2,1-7H3,(H,43,44). The van der Waals surface area contributed by atoms with Gasteiger partial charge in [0.05, 0.1) is 11.5 Å². The highest BCUT2D eigenvalue weighted by Crippen LogP contribution is 2.75. The van der Waals surface area contributed by atoms with Gasteiger partial charge >= 0.3 is 11.9 Å². The molecule has 0 aliphatic heterocycles.